The number of guanidine groups is 1. The van der Waals surface area contributed by atoms with Crippen LogP contribution in [0, 0.1) is 5.92 Å². The number of carbonyl (C=O) groups excluding carboxylic acids is 3. The first-order valence-electron chi connectivity index (χ1n) is 12.0. The average Bonchev–Trinajstić information content (AvgIpc) is 2.84. The maximum atomic E-state index is 13.3. The molecule has 3 amide bonds. The van der Waals surface area contributed by atoms with E-state index in [2.05, 4.69) is 33.6 Å². The number of aliphatic imine (C=N–C) groups is 1. The van der Waals surface area contributed by atoms with Gasteiger partial charge in [0.1, 0.15) is 18.1 Å². The number of carbonyl (C=O) groups is 4. The molecule has 0 heterocycles. The lowest BCUT2D eigenvalue weighted by Gasteiger charge is -2.26. The van der Waals surface area contributed by atoms with Gasteiger partial charge >= 0.3 is 5.97 Å². The predicted octanol–water partition coefficient (Wildman–Crippen LogP) is -0.875. The van der Waals surface area contributed by atoms with Crippen molar-refractivity contribution in [2.45, 2.75) is 63.7 Å². The number of nitrogens with zero attached hydrogens (tertiary/aromatic N) is 1. The fourth-order valence-electron chi connectivity index (χ4n) is 3.43. The van der Waals surface area contributed by atoms with E-state index in [1.807, 2.05) is 32.0 Å². The van der Waals surface area contributed by atoms with Gasteiger partial charge in [0.15, 0.2) is 5.96 Å². The van der Waals surface area contributed by atoms with Gasteiger partial charge in [-0.3, -0.25) is 19.4 Å². The molecule has 0 aliphatic rings. The summed E-state index contributed by atoms with van der Waals surface area (Å²) in [7, 11) is 0. The van der Waals surface area contributed by atoms with Crippen LogP contribution in [-0.2, 0) is 25.6 Å². The summed E-state index contributed by atoms with van der Waals surface area (Å²) in [6.45, 7) is 3.94. The number of rotatable bonds is 16. The van der Waals surface area contributed by atoms with Crippen LogP contribution in [0.2, 0.25) is 0 Å². The van der Waals surface area contributed by atoms with E-state index in [0.29, 0.717) is 6.42 Å². The van der Waals surface area contributed by atoms with Crippen molar-refractivity contribution in [3.63, 3.8) is 0 Å². The molecule has 12 nitrogen and oxygen atoms in total. The molecular weight excluding hydrogens is 498 g/mol. The fourth-order valence-corrected chi connectivity index (χ4v) is 3.60. The summed E-state index contributed by atoms with van der Waals surface area (Å²) >= 11 is 4.03. The number of benzene rings is 1. The summed E-state index contributed by atoms with van der Waals surface area (Å²) in [5, 5.41) is 17.4. The molecule has 0 fully saturated rings. The molecule has 0 bridgehead atoms. The zero-order valence-corrected chi connectivity index (χ0v) is 22.1. The Kier molecular flexibility index (Phi) is 14.1. The minimum absolute atomic E-state index is 0.000892. The van der Waals surface area contributed by atoms with Crippen LogP contribution >= 0.6 is 12.6 Å². The van der Waals surface area contributed by atoms with Crippen molar-refractivity contribution in [3.05, 3.63) is 35.9 Å². The molecule has 0 spiro atoms. The lowest BCUT2D eigenvalue weighted by atomic mass is 10.00. The third-order valence-corrected chi connectivity index (χ3v) is 5.74. The number of aliphatic carboxylic acids is 1. The number of carboxylic acids is 1. The highest BCUT2D eigenvalue weighted by Crippen LogP contribution is 2.09. The first kappa shape index (κ1) is 31.7. The number of nitrogens with two attached hydrogens (primary N) is 3. The van der Waals surface area contributed by atoms with E-state index < -0.39 is 47.9 Å². The Hall–Kier alpha value is -3.32. The van der Waals surface area contributed by atoms with Gasteiger partial charge < -0.3 is 38.3 Å². The van der Waals surface area contributed by atoms with Gasteiger partial charge in [0.05, 0.1) is 6.04 Å². The normalized spacial score (nSPS) is 14.1. The number of hydrogen-bond donors (Lipinski definition) is 8. The molecule has 0 saturated heterocycles. The molecule has 0 aliphatic carbocycles. The molecule has 0 radical (unpaired) electrons. The zero-order chi connectivity index (χ0) is 28.0. The molecule has 1 aromatic rings. The van der Waals surface area contributed by atoms with Crippen molar-refractivity contribution < 1.29 is 24.3 Å². The van der Waals surface area contributed by atoms with Gasteiger partial charge in [0.25, 0.3) is 0 Å². The molecule has 1 unspecified atom stereocenters. The fraction of sp³-hybridized carbons (Fsp3) is 0.542. The van der Waals surface area contributed by atoms with Crippen molar-refractivity contribution in [1.82, 2.24) is 16.0 Å². The topological polar surface area (TPSA) is 215 Å². The SMILES string of the molecule is CC(C)C[C@H](NC(=O)[C@@H](Cc1ccccc1)NC(=O)C(N)CS)C(=O)N[C@@H](CCCN=C(N)N)C(=O)O. The minimum Gasteiger partial charge on any atom is -0.480 e. The first-order chi connectivity index (χ1) is 17.4. The summed E-state index contributed by atoms with van der Waals surface area (Å²) in [6, 6.07) is 4.90. The van der Waals surface area contributed by atoms with E-state index in [9.17, 15) is 24.3 Å². The summed E-state index contributed by atoms with van der Waals surface area (Å²) in [4.78, 5) is 54.3. The maximum absolute atomic E-state index is 13.3. The van der Waals surface area contributed by atoms with Crippen LogP contribution < -0.4 is 33.2 Å². The lowest BCUT2D eigenvalue weighted by molar-refractivity contribution is -0.142. The third kappa shape index (κ3) is 12.5. The van der Waals surface area contributed by atoms with Gasteiger partial charge in [-0.15, -0.1) is 0 Å². The van der Waals surface area contributed by atoms with Crippen molar-refractivity contribution in [2.75, 3.05) is 12.3 Å². The number of amides is 3. The van der Waals surface area contributed by atoms with Crippen molar-refractivity contribution in [1.29, 1.82) is 0 Å². The van der Waals surface area contributed by atoms with Crippen molar-refractivity contribution >= 4 is 42.3 Å². The maximum Gasteiger partial charge on any atom is 0.326 e. The Balaban J connectivity index is 3.02. The largest absolute Gasteiger partial charge is 0.480 e. The van der Waals surface area contributed by atoms with E-state index in [1.54, 1.807) is 12.1 Å². The Morgan fingerprint density at radius 2 is 1.51 bits per heavy atom. The van der Waals surface area contributed by atoms with Crippen LogP contribution in [0.3, 0.4) is 0 Å². The molecule has 4 atom stereocenters. The van der Waals surface area contributed by atoms with Gasteiger partial charge in [-0.1, -0.05) is 44.2 Å². The molecular formula is C24H39N7O5S. The third-order valence-electron chi connectivity index (χ3n) is 5.35. The molecule has 1 aromatic carbocycles. The quantitative estimate of drug-likeness (QED) is 0.0572. The Morgan fingerprint density at radius 3 is 2.05 bits per heavy atom. The summed E-state index contributed by atoms with van der Waals surface area (Å²) in [5.74, 6) is -3.03. The van der Waals surface area contributed by atoms with Crippen LogP contribution in [0.4, 0.5) is 0 Å². The van der Waals surface area contributed by atoms with E-state index in [1.165, 1.54) is 0 Å². The number of carboxylic acid groups (broad SMARTS) is 1. The Morgan fingerprint density at radius 1 is 0.946 bits per heavy atom. The lowest BCUT2D eigenvalue weighted by Crippen LogP contribution is -2.58. The highest BCUT2D eigenvalue weighted by atomic mass is 32.1. The second kappa shape index (κ2) is 16.4. The predicted molar refractivity (Wildman–Crippen MR) is 145 cm³/mol. The second-order valence-electron chi connectivity index (χ2n) is 9.08. The monoisotopic (exact) mass is 537 g/mol. The molecule has 13 heteroatoms. The molecule has 0 saturated carbocycles. The first-order valence-corrected chi connectivity index (χ1v) is 12.7. The Bertz CT molecular complexity index is 925. The van der Waals surface area contributed by atoms with Crippen LogP contribution in [0.25, 0.3) is 0 Å². The highest BCUT2D eigenvalue weighted by molar-refractivity contribution is 7.80. The van der Waals surface area contributed by atoms with Gasteiger partial charge in [-0.25, -0.2) is 4.79 Å². The van der Waals surface area contributed by atoms with Crippen LogP contribution in [0.1, 0.15) is 38.7 Å². The van der Waals surface area contributed by atoms with E-state index in [0.717, 1.165) is 5.56 Å². The van der Waals surface area contributed by atoms with E-state index in [4.69, 9.17) is 17.2 Å². The molecule has 0 aliphatic heterocycles. The van der Waals surface area contributed by atoms with Gasteiger partial charge in [0, 0.05) is 18.7 Å². The number of thiol groups is 1. The minimum atomic E-state index is -1.22. The molecule has 206 valence electrons. The van der Waals surface area contributed by atoms with Gasteiger partial charge in [-0.05, 0) is 30.7 Å². The summed E-state index contributed by atoms with van der Waals surface area (Å²) in [5.41, 5.74) is 17.1. The number of nitrogens with one attached hydrogen (secondary N) is 3. The molecule has 0 aromatic heterocycles. The second-order valence-corrected chi connectivity index (χ2v) is 9.44. The summed E-state index contributed by atoms with van der Waals surface area (Å²) in [6.07, 6.45) is 0.831. The van der Waals surface area contributed by atoms with E-state index in [-0.39, 0.29) is 43.4 Å². The van der Waals surface area contributed by atoms with E-state index >= 15 is 0 Å². The van der Waals surface area contributed by atoms with Crippen LogP contribution in [0.5, 0.6) is 0 Å². The average molecular weight is 538 g/mol. The van der Waals surface area contributed by atoms with Gasteiger partial charge in [-0.2, -0.15) is 12.6 Å². The molecule has 1 rings (SSSR count). The van der Waals surface area contributed by atoms with Crippen molar-refractivity contribution in [3.8, 4) is 0 Å². The molecule has 10 N–H and O–H groups in total. The summed E-state index contributed by atoms with van der Waals surface area (Å²) < 4.78 is 0. The molecule has 37 heavy (non-hydrogen) atoms. The smallest absolute Gasteiger partial charge is 0.326 e. The Labute approximate surface area is 222 Å². The number of hydrogen-bond acceptors (Lipinski definition) is 7. The zero-order valence-electron chi connectivity index (χ0n) is 21.2. The van der Waals surface area contributed by atoms with Crippen molar-refractivity contribution in [2.24, 2.45) is 28.1 Å². The highest BCUT2D eigenvalue weighted by Gasteiger charge is 2.30. The standard InChI is InChI=1S/C24H39N7O5S/c1-14(2)11-18(21(33)29-17(23(35)36)9-6-10-28-24(26)27)31-22(34)19(30-20(32)16(25)13-37)12-15-7-4-3-5-8-15/h3-5,7-8,14,16-19,37H,6,9-13,25H2,1-2H3,(H,29,33)(H,30,32)(H,31,34)(H,35,36)(H4,26,27,28)/t16?,17-,18-,19+/m0/s1. The van der Waals surface area contributed by atoms with Crippen LogP contribution in [-0.4, -0.2) is 71.2 Å². The van der Waals surface area contributed by atoms with Crippen LogP contribution in [0.15, 0.2) is 35.3 Å². The van der Waals surface area contributed by atoms with Gasteiger partial charge in [0.2, 0.25) is 17.7 Å².